The van der Waals surface area contributed by atoms with Gasteiger partial charge in [-0.25, -0.2) is 4.39 Å². The van der Waals surface area contributed by atoms with Crippen LogP contribution in [-0.2, 0) is 4.79 Å². The molecule has 1 amide bonds. The first-order valence-corrected chi connectivity index (χ1v) is 6.30. The molecule has 1 aromatic rings. The van der Waals surface area contributed by atoms with Gasteiger partial charge >= 0.3 is 0 Å². The molecule has 2 rings (SSSR count). The fourth-order valence-electron chi connectivity index (χ4n) is 2.13. The Morgan fingerprint density at radius 2 is 2.37 bits per heavy atom. The van der Waals surface area contributed by atoms with E-state index in [0.29, 0.717) is 18.8 Å². The third-order valence-corrected chi connectivity index (χ3v) is 3.17. The number of carbonyl (C=O) groups is 1. The fourth-order valence-corrected chi connectivity index (χ4v) is 2.13. The molecule has 0 spiro atoms. The van der Waals surface area contributed by atoms with Crippen LogP contribution in [0.4, 0.5) is 15.8 Å². The van der Waals surface area contributed by atoms with Crippen molar-refractivity contribution in [3.8, 4) is 0 Å². The number of halogens is 1. The van der Waals surface area contributed by atoms with Crippen LogP contribution in [0.2, 0.25) is 0 Å². The minimum atomic E-state index is -0.501. The van der Waals surface area contributed by atoms with Crippen molar-refractivity contribution in [3.05, 3.63) is 24.0 Å². The molecule has 0 aromatic heterocycles. The number of β-amino-alcohol motifs (C(OH)–C–C–N with tert-alkyl or cyclic N) is 1. The maximum absolute atomic E-state index is 13.4. The van der Waals surface area contributed by atoms with Gasteiger partial charge in [-0.05, 0) is 24.6 Å². The number of nitrogens with zero attached hydrogens (tertiary/aromatic N) is 1. The van der Waals surface area contributed by atoms with E-state index in [-0.39, 0.29) is 24.1 Å². The molecule has 1 atom stereocenters. The normalized spacial score (nSPS) is 19.6. The number of nitrogen functional groups attached to an aromatic ring is 1. The Labute approximate surface area is 111 Å². The fraction of sp³-hybridized carbons (Fsp3) is 0.462. The van der Waals surface area contributed by atoms with Gasteiger partial charge < -0.3 is 21.1 Å². The van der Waals surface area contributed by atoms with Gasteiger partial charge in [0.1, 0.15) is 5.82 Å². The number of rotatable bonds is 4. The van der Waals surface area contributed by atoms with Crippen molar-refractivity contribution < 1.29 is 14.3 Å². The molecule has 1 unspecified atom stereocenters. The van der Waals surface area contributed by atoms with Gasteiger partial charge in [0.25, 0.3) is 0 Å². The van der Waals surface area contributed by atoms with Crippen LogP contribution in [-0.4, -0.2) is 41.7 Å². The predicted molar refractivity (Wildman–Crippen MR) is 71.1 cm³/mol. The van der Waals surface area contributed by atoms with Gasteiger partial charge in [0.15, 0.2) is 0 Å². The van der Waals surface area contributed by atoms with Gasteiger partial charge in [-0.3, -0.25) is 4.79 Å². The van der Waals surface area contributed by atoms with Crippen LogP contribution in [0, 0.1) is 5.82 Å². The Kier molecular flexibility index (Phi) is 4.34. The van der Waals surface area contributed by atoms with E-state index in [2.05, 4.69) is 5.32 Å². The summed E-state index contributed by atoms with van der Waals surface area (Å²) in [6, 6.07) is 4.06. The summed E-state index contributed by atoms with van der Waals surface area (Å²) in [7, 11) is 0. The maximum Gasteiger partial charge on any atom is 0.225 e. The molecule has 4 N–H and O–H groups in total. The summed E-state index contributed by atoms with van der Waals surface area (Å²) in [5.74, 6) is -0.759. The summed E-state index contributed by atoms with van der Waals surface area (Å²) in [4.78, 5) is 13.7. The molecule has 0 radical (unpaired) electrons. The highest BCUT2D eigenvalue weighted by molar-refractivity contribution is 5.91. The highest BCUT2D eigenvalue weighted by Crippen LogP contribution is 2.17. The van der Waals surface area contributed by atoms with E-state index < -0.39 is 5.82 Å². The predicted octanol–water partition coefficient (Wildman–Crippen LogP) is 0.803. The number of carbonyl (C=O) groups excluding carboxylic acids is 1. The van der Waals surface area contributed by atoms with Crippen molar-refractivity contribution in [2.45, 2.75) is 18.9 Å². The van der Waals surface area contributed by atoms with Crippen molar-refractivity contribution in [3.63, 3.8) is 0 Å². The number of nitrogens with two attached hydrogens (primary N) is 1. The van der Waals surface area contributed by atoms with Crippen molar-refractivity contribution in [1.29, 1.82) is 0 Å². The van der Waals surface area contributed by atoms with Gasteiger partial charge in [-0.15, -0.1) is 0 Å². The molecule has 1 heterocycles. The van der Waals surface area contributed by atoms with Crippen LogP contribution in [0.5, 0.6) is 0 Å². The van der Waals surface area contributed by atoms with Crippen LogP contribution >= 0.6 is 0 Å². The number of anilines is 2. The summed E-state index contributed by atoms with van der Waals surface area (Å²) in [6.07, 6.45) is 0.710. The smallest absolute Gasteiger partial charge is 0.225 e. The summed E-state index contributed by atoms with van der Waals surface area (Å²) in [5.41, 5.74) is 6.04. The molecule has 1 saturated heterocycles. The monoisotopic (exact) mass is 267 g/mol. The zero-order valence-corrected chi connectivity index (χ0v) is 10.6. The molecule has 104 valence electrons. The van der Waals surface area contributed by atoms with Crippen molar-refractivity contribution in [2.24, 2.45) is 0 Å². The molecule has 5 nitrogen and oxygen atoms in total. The van der Waals surface area contributed by atoms with Gasteiger partial charge in [-0.1, -0.05) is 0 Å². The van der Waals surface area contributed by atoms with Crippen molar-refractivity contribution in [2.75, 3.05) is 30.7 Å². The minimum absolute atomic E-state index is 0.103. The van der Waals surface area contributed by atoms with E-state index in [1.807, 2.05) is 4.90 Å². The lowest BCUT2D eigenvalue weighted by Crippen LogP contribution is -2.27. The van der Waals surface area contributed by atoms with Gasteiger partial charge in [0.2, 0.25) is 5.91 Å². The average Bonchev–Trinajstić information content (AvgIpc) is 2.77. The third-order valence-electron chi connectivity index (χ3n) is 3.17. The largest absolute Gasteiger partial charge is 0.399 e. The maximum atomic E-state index is 13.4. The van der Waals surface area contributed by atoms with E-state index in [0.717, 1.165) is 13.0 Å². The zero-order chi connectivity index (χ0) is 13.8. The van der Waals surface area contributed by atoms with Crippen molar-refractivity contribution >= 4 is 17.3 Å². The molecule has 1 fully saturated rings. The van der Waals surface area contributed by atoms with Gasteiger partial charge in [-0.2, -0.15) is 0 Å². The SMILES string of the molecule is Nc1ccc(F)c(NC(=O)CCN2CCC(O)C2)c1. The third kappa shape index (κ3) is 3.90. The van der Waals surface area contributed by atoms with E-state index in [9.17, 15) is 14.3 Å². The number of nitrogens with one attached hydrogen (secondary N) is 1. The number of likely N-dealkylation sites (tertiary alicyclic amines) is 1. The summed E-state index contributed by atoms with van der Waals surface area (Å²) >= 11 is 0. The van der Waals surface area contributed by atoms with Crippen LogP contribution in [0.25, 0.3) is 0 Å². The Bertz CT molecular complexity index is 467. The first kappa shape index (κ1) is 13.8. The number of aliphatic hydroxyl groups excluding tert-OH is 1. The number of hydrogen-bond acceptors (Lipinski definition) is 4. The molecular weight excluding hydrogens is 249 g/mol. The lowest BCUT2D eigenvalue weighted by molar-refractivity contribution is -0.116. The standard InChI is InChI=1S/C13H18FN3O2/c14-11-2-1-9(15)7-12(11)16-13(19)4-6-17-5-3-10(18)8-17/h1-2,7,10,18H,3-6,8,15H2,(H,16,19). The lowest BCUT2D eigenvalue weighted by atomic mass is 10.2. The highest BCUT2D eigenvalue weighted by atomic mass is 19.1. The summed E-state index contributed by atoms with van der Waals surface area (Å²) in [5, 5.41) is 11.9. The number of amides is 1. The highest BCUT2D eigenvalue weighted by Gasteiger charge is 2.20. The molecule has 1 aliphatic heterocycles. The summed E-state index contributed by atoms with van der Waals surface area (Å²) < 4.78 is 13.4. The second-order valence-electron chi connectivity index (χ2n) is 4.78. The number of aliphatic hydroxyl groups is 1. The molecule has 1 aliphatic rings. The molecule has 0 saturated carbocycles. The Morgan fingerprint density at radius 3 is 3.05 bits per heavy atom. The lowest BCUT2D eigenvalue weighted by Gasteiger charge is -2.14. The second kappa shape index (κ2) is 5.99. The van der Waals surface area contributed by atoms with Crippen molar-refractivity contribution in [1.82, 2.24) is 4.90 Å². The first-order valence-electron chi connectivity index (χ1n) is 6.30. The van der Waals surface area contributed by atoms with Gasteiger partial charge in [0.05, 0.1) is 11.8 Å². The van der Waals surface area contributed by atoms with Crippen LogP contribution in [0.3, 0.4) is 0 Å². The van der Waals surface area contributed by atoms with Crippen LogP contribution in [0.1, 0.15) is 12.8 Å². The summed E-state index contributed by atoms with van der Waals surface area (Å²) in [6.45, 7) is 1.95. The van der Waals surface area contributed by atoms with Crippen LogP contribution < -0.4 is 11.1 Å². The molecule has 1 aromatic carbocycles. The Hall–Kier alpha value is -1.66. The molecule has 19 heavy (non-hydrogen) atoms. The average molecular weight is 267 g/mol. The Morgan fingerprint density at radius 1 is 1.58 bits per heavy atom. The van der Waals surface area contributed by atoms with E-state index >= 15 is 0 Å². The topological polar surface area (TPSA) is 78.6 Å². The quantitative estimate of drug-likeness (QED) is 0.705. The van der Waals surface area contributed by atoms with E-state index in [1.54, 1.807) is 0 Å². The second-order valence-corrected chi connectivity index (χ2v) is 4.78. The number of hydrogen-bond donors (Lipinski definition) is 3. The molecule has 0 aliphatic carbocycles. The molecule has 0 bridgehead atoms. The minimum Gasteiger partial charge on any atom is -0.399 e. The van der Waals surface area contributed by atoms with Gasteiger partial charge in [0, 0.05) is 31.7 Å². The first-order chi connectivity index (χ1) is 9.04. The number of benzene rings is 1. The van der Waals surface area contributed by atoms with E-state index in [1.165, 1.54) is 18.2 Å². The van der Waals surface area contributed by atoms with E-state index in [4.69, 9.17) is 5.73 Å². The Balaban J connectivity index is 1.82. The van der Waals surface area contributed by atoms with Crippen LogP contribution in [0.15, 0.2) is 18.2 Å². The zero-order valence-electron chi connectivity index (χ0n) is 10.6. The molecule has 6 heteroatoms. The molecular formula is C13H18FN3O2.